The third kappa shape index (κ3) is 1.82. The number of carbonyl (C=O) groups is 1. The SMILES string of the molecule is CCOC(=O)c1nc(CN)c2n1CCCC2. The quantitative estimate of drug-likeness (QED) is 0.771. The first-order valence-electron chi connectivity index (χ1n) is 5.73. The van der Waals surface area contributed by atoms with Crippen LogP contribution >= 0.6 is 0 Å². The van der Waals surface area contributed by atoms with E-state index in [4.69, 9.17) is 10.5 Å². The lowest BCUT2D eigenvalue weighted by molar-refractivity contribution is 0.0505. The van der Waals surface area contributed by atoms with Crippen LogP contribution in [0.5, 0.6) is 0 Å². The molecule has 0 radical (unpaired) electrons. The second-order valence-corrected chi connectivity index (χ2v) is 3.86. The fourth-order valence-corrected chi connectivity index (χ4v) is 2.13. The van der Waals surface area contributed by atoms with Crippen LogP contribution in [0.15, 0.2) is 0 Å². The first-order chi connectivity index (χ1) is 7.77. The number of nitrogens with zero attached hydrogens (tertiary/aromatic N) is 2. The lowest BCUT2D eigenvalue weighted by Gasteiger charge is -2.16. The van der Waals surface area contributed by atoms with Crippen LogP contribution in [0.3, 0.4) is 0 Å². The van der Waals surface area contributed by atoms with Crippen LogP contribution in [0.2, 0.25) is 0 Å². The number of esters is 1. The second kappa shape index (κ2) is 4.65. The van der Waals surface area contributed by atoms with Crippen molar-refractivity contribution in [3.63, 3.8) is 0 Å². The van der Waals surface area contributed by atoms with E-state index in [-0.39, 0.29) is 5.97 Å². The summed E-state index contributed by atoms with van der Waals surface area (Å²) >= 11 is 0. The molecule has 0 saturated carbocycles. The lowest BCUT2D eigenvalue weighted by atomic mass is 10.1. The summed E-state index contributed by atoms with van der Waals surface area (Å²) in [7, 11) is 0. The number of hydrogen-bond donors (Lipinski definition) is 1. The zero-order valence-corrected chi connectivity index (χ0v) is 9.53. The van der Waals surface area contributed by atoms with Gasteiger partial charge in [0.25, 0.3) is 0 Å². The summed E-state index contributed by atoms with van der Waals surface area (Å²) in [6, 6.07) is 0. The van der Waals surface area contributed by atoms with Crippen molar-refractivity contribution in [1.82, 2.24) is 9.55 Å². The molecule has 0 spiro atoms. The van der Waals surface area contributed by atoms with Gasteiger partial charge in [0.2, 0.25) is 5.82 Å². The van der Waals surface area contributed by atoms with Crippen LogP contribution in [0.25, 0.3) is 0 Å². The topological polar surface area (TPSA) is 70.1 Å². The van der Waals surface area contributed by atoms with Crippen molar-refractivity contribution in [3.05, 3.63) is 17.2 Å². The van der Waals surface area contributed by atoms with E-state index in [1.165, 1.54) is 0 Å². The van der Waals surface area contributed by atoms with Crippen molar-refractivity contribution in [1.29, 1.82) is 0 Å². The third-order valence-corrected chi connectivity index (χ3v) is 2.85. The number of carbonyl (C=O) groups excluding carboxylic acids is 1. The van der Waals surface area contributed by atoms with Crippen molar-refractivity contribution in [2.24, 2.45) is 5.73 Å². The minimum absolute atomic E-state index is 0.342. The molecular weight excluding hydrogens is 206 g/mol. The molecule has 1 aromatic rings. The Hall–Kier alpha value is -1.36. The minimum atomic E-state index is -0.342. The summed E-state index contributed by atoms with van der Waals surface area (Å²) in [5.74, 6) is 0.0716. The van der Waals surface area contributed by atoms with Gasteiger partial charge in [-0.25, -0.2) is 9.78 Å². The Labute approximate surface area is 94.6 Å². The van der Waals surface area contributed by atoms with Gasteiger partial charge in [-0.1, -0.05) is 0 Å². The standard InChI is InChI=1S/C11H17N3O2/c1-2-16-11(15)10-13-8(7-12)9-5-3-4-6-14(9)10/h2-7,12H2,1H3. The average molecular weight is 223 g/mol. The molecule has 5 heteroatoms. The van der Waals surface area contributed by atoms with Gasteiger partial charge in [-0.3, -0.25) is 0 Å². The Balaban J connectivity index is 2.38. The Morgan fingerprint density at radius 1 is 1.56 bits per heavy atom. The van der Waals surface area contributed by atoms with E-state index < -0.39 is 0 Å². The van der Waals surface area contributed by atoms with Crippen molar-refractivity contribution in [2.45, 2.75) is 39.3 Å². The predicted molar refractivity (Wildman–Crippen MR) is 59.0 cm³/mol. The smallest absolute Gasteiger partial charge is 0.374 e. The van der Waals surface area contributed by atoms with Crippen LogP contribution in [-0.2, 0) is 24.2 Å². The molecule has 0 bridgehead atoms. The van der Waals surface area contributed by atoms with Crippen LogP contribution in [0.4, 0.5) is 0 Å². The zero-order valence-electron chi connectivity index (χ0n) is 9.53. The molecule has 2 heterocycles. The molecule has 1 aliphatic heterocycles. The van der Waals surface area contributed by atoms with E-state index in [0.717, 1.165) is 37.2 Å². The Morgan fingerprint density at radius 2 is 2.38 bits per heavy atom. The number of imidazole rings is 1. The molecule has 2 rings (SSSR count). The lowest BCUT2D eigenvalue weighted by Crippen LogP contribution is -2.18. The molecule has 5 nitrogen and oxygen atoms in total. The van der Waals surface area contributed by atoms with Crippen molar-refractivity contribution < 1.29 is 9.53 Å². The van der Waals surface area contributed by atoms with Crippen molar-refractivity contribution in [2.75, 3.05) is 6.61 Å². The van der Waals surface area contributed by atoms with Gasteiger partial charge in [-0.05, 0) is 26.2 Å². The summed E-state index contributed by atoms with van der Waals surface area (Å²) in [5, 5.41) is 0. The van der Waals surface area contributed by atoms with Gasteiger partial charge >= 0.3 is 5.97 Å². The summed E-state index contributed by atoms with van der Waals surface area (Å²) < 4.78 is 6.95. The molecule has 0 aliphatic carbocycles. The van der Waals surface area contributed by atoms with Gasteiger partial charge < -0.3 is 15.0 Å². The number of fused-ring (bicyclic) bond motifs is 1. The maximum absolute atomic E-state index is 11.7. The number of hydrogen-bond acceptors (Lipinski definition) is 4. The van der Waals surface area contributed by atoms with E-state index in [2.05, 4.69) is 4.98 Å². The van der Waals surface area contributed by atoms with Gasteiger partial charge in [0.15, 0.2) is 0 Å². The van der Waals surface area contributed by atoms with E-state index >= 15 is 0 Å². The molecule has 0 atom stereocenters. The molecule has 0 aromatic carbocycles. The molecule has 1 aromatic heterocycles. The Kier molecular flexibility index (Phi) is 3.24. The number of nitrogens with two attached hydrogens (primary N) is 1. The molecule has 1 aliphatic rings. The van der Waals surface area contributed by atoms with E-state index in [1.54, 1.807) is 6.92 Å². The third-order valence-electron chi connectivity index (χ3n) is 2.85. The normalized spacial score (nSPS) is 14.6. The van der Waals surface area contributed by atoms with Crippen LogP contribution < -0.4 is 5.73 Å². The molecule has 16 heavy (non-hydrogen) atoms. The molecule has 0 unspecified atom stereocenters. The van der Waals surface area contributed by atoms with E-state index in [9.17, 15) is 4.79 Å². The van der Waals surface area contributed by atoms with Crippen molar-refractivity contribution in [3.8, 4) is 0 Å². The largest absolute Gasteiger partial charge is 0.460 e. The Bertz CT molecular complexity index is 398. The van der Waals surface area contributed by atoms with Crippen molar-refractivity contribution >= 4 is 5.97 Å². The highest BCUT2D eigenvalue weighted by atomic mass is 16.5. The molecular formula is C11H17N3O2. The molecule has 0 amide bonds. The first kappa shape index (κ1) is 11.1. The van der Waals surface area contributed by atoms with Gasteiger partial charge in [-0.2, -0.15) is 0 Å². The van der Waals surface area contributed by atoms with E-state index in [0.29, 0.717) is 19.0 Å². The highest BCUT2D eigenvalue weighted by molar-refractivity contribution is 5.86. The number of rotatable bonds is 3. The zero-order chi connectivity index (χ0) is 11.5. The summed E-state index contributed by atoms with van der Waals surface area (Å²) in [4.78, 5) is 16.0. The number of ether oxygens (including phenoxy) is 1. The summed E-state index contributed by atoms with van der Waals surface area (Å²) in [6.45, 7) is 3.39. The monoisotopic (exact) mass is 223 g/mol. The maximum atomic E-state index is 11.7. The fourth-order valence-electron chi connectivity index (χ4n) is 2.13. The highest BCUT2D eigenvalue weighted by Gasteiger charge is 2.23. The average Bonchev–Trinajstić information content (AvgIpc) is 2.68. The maximum Gasteiger partial charge on any atom is 0.374 e. The minimum Gasteiger partial charge on any atom is -0.460 e. The van der Waals surface area contributed by atoms with Gasteiger partial charge in [0.05, 0.1) is 12.3 Å². The fraction of sp³-hybridized carbons (Fsp3) is 0.636. The molecule has 0 fully saturated rings. The Morgan fingerprint density at radius 3 is 3.06 bits per heavy atom. The highest BCUT2D eigenvalue weighted by Crippen LogP contribution is 2.21. The van der Waals surface area contributed by atoms with Crippen LogP contribution in [0, 0.1) is 0 Å². The molecule has 2 N–H and O–H groups in total. The number of aromatic nitrogens is 2. The van der Waals surface area contributed by atoms with Gasteiger partial charge in [-0.15, -0.1) is 0 Å². The second-order valence-electron chi connectivity index (χ2n) is 3.86. The van der Waals surface area contributed by atoms with Crippen LogP contribution in [0.1, 0.15) is 41.8 Å². The molecule has 0 saturated heterocycles. The first-order valence-corrected chi connectivity index (χ1v) is 5.73. The summed E-state index contributed by atoms with van der Waals surface area (Å²) in [5.41, 5.74) is 7.58. The van der Waals surface area contributed by atoms with Crippen LogP contribution in [-0.4, -0.2) is 22.1 Å². The van der Waals surface area contributed by atoms with Gasteiger partial charge in [0.1, 0.15) is 0 Å². The van der Waals surface area contributed by atoms with E-state index in [1.807, 2.05) is 4.57 Å². The predicted octanol–water partition coefficient (Wildman–Crippen LogP) is 0.855. The van der Waals surface area contributed by atoms with Gasteiger partial charge in [0, 0.05) is 18.8 Å². The molecule has 88 valence electrons. The summed E-state index contributed by atoms with van der Waals surface area (Å²) in [6.07, 6.45) is 3.18.